The first kappa shape index (κ1) is 12.6. The van der Waals surface area contributed by atoms with Gasteiger partial charge in [-0.2, -0.15) is 0 Å². The van der Waals surface area contributed by atoms with Crippen LogP contribution in [-0.4, -0.2) is 34.4 Å². The van der Waals surface area contributed by atoms with Crippen molar-refractivity contribution in [2.45, 2.75) is 0 Å². The van der Waals surface area contributed by atoms with Gasteiger partial charge in [-0.15, -0.1) is 0 Å². The first-order chi connectivity index (χ1) is 7.95. The molecule has 1 aromatic rings. The first-order valence-corrected chi connectivity index (χ1v) is 4.51. The van der Waals surface area contributed by atoms with Crippen molar-refractivity contribution in [3.8, 4) is 11.5 Å². The summed E-state index contributed by atoms with van der Waals surface area (Å²) in [6, 6.07) is 3.77. The fourth-order valence-electron chi connectivity index (χ4n) is 1.24. The summed E-state index contributed by atoms with van der Waals surface area (Å²) in [7, 11) is 1.31. The van der Waals surface area contributed by atoms with Crippen molar-refractivity contribution in [2.24, 2.45) is 0 Å². The largest absolute Gasteiger partial charge is 0.504 e. The normalized spacial score (nSPS) is 11.0. The highest BCUT2D eigenvalue weighted by atomic mass is 16.5. The molecule has 90 valence electrons. The molecule has 1 aromatic carbocycles. The third-order valence-electron chi connectivity index (χ3n) is 1.99. The van der Waals surface area contributed by atoms with E-state index in [0.717, 1.165) is 0 Å². The molecule has 0 heterocycles. The average molecular weight is 238 g/mol. The Morgan fingerprint density at radius 2 is 1.94 bits per heavy atom. The Balaban J connectivity index is 3.30. The fraction of sp³-hybridized carbons (Fsp3) is 0.0909. The second-order valence-electron chi connectivity index (χ2n) is 3.09. The summed E-state index contributed by atoms with van der Waals surface area (Å²) in [6.07, 6.45) is 0.578. The van der Waals surface area contributed by atoms with E-state index in [1.54, 1.807) is 0 Å². The molecule has 1 rings (SSSR count). The Kier molecular flexibility index (Phi) is 3.71. The molecular weight excluding hydrogens is 228 g/mol. The maximum Gasteiger partial charge on any atom is 0.336 e. The minimum atomic E-state index is -1.37. The number of aliphatic carboxylic acids is 2. The van der Waals surface area contributed by atoms with E-state index in [0.29, 0.717) is 6.08 Å². The van der Waals surface area contributed by atoms with Gasteiger partial charge in [0.2, 0.25) is 0 Å². The maximum atomic E-state index is 10.9. The van der Waals surface area contributed by atoms with Gasteiger partial charge in [0.25, 0.3) is 0 Å². The highest BCUT2D eigenvalue weighted by Gasteiger charge is 2.14. The molecule has 0 aliphatic rings. The Bertz CT molecular complexity index is 489. The van der Waals surface area contributed by atoms with Crippen LogP contribution in [0.15, 0.2) is 24.3 Å². The van der Waals surface area contributed by atoms with Crippen molar-refractivity contribution in [3.63, 3.8) is 0 Å². The predicted octanol–water partition coefficient (Wildman–Crippen LogP) is 0.953. The molecule has 0 aliphatic carbocycles. The molecule has 0 bridgehead atoms. The minimum Gasteiger partial charge on any atom is -0.504 e. The number of phenolic OH excluding ortho intramolecular Hbond substituents is 1. The van der Waals surface area contributed by atoms with Gasteiger partial charge in [0.05, 0.1) is 12.7 Å². The molecule has 0 aromatic heterocycles. The van der Waals surface area contributed by atoms with Crippen LogP contribution in [0.25, 0.3) is 5.57 Å². The monoisotopic (exact) mass is 238 g/mol. The van der Waals surface area contributed by atoms with E-state index in [2.05, 4.69) is 0 Å². The van der Waals surface area contributed by atoms with Crippen molar-refractivity contribution in [2.75, 3.05) is 7.11 Å². The molecule has 6 nitrogen and oxygen atoms in total. The number of hydrogen-bond acceptors (Lipinski definition) is 4. The summed E-state index contributed by atoms with van der Waals surface area (Å²) in [5.74, 6) is -2.83. The highest BCUT2D eigenvalue weighted by Crippen LogP contribution is 2.29. The first-order valence-electron chi connectivity index (χ1n) is 4.51. The topological polar surface area (TPSA) is 104 Å². The fourth-order valence-corrected chi connectivity index (χ4v) is 1.24. The van der Waals surface area contributed by atoms with Crippen LogP contribution in [0.3, 0.4) is 0 Å². The van der Waals surface area contributed by atoms with Gasteiger partial charge in [0, 0.05) is 6.08 Å². The number of methoxy groups -OCH3 is 1. The molecule has 0 spiro atoms. The van der Waals surface area contributed by atoms with Crippen molar-refractivity contribution in [1.29, 1.82) is 0 Å². The van der Waals surface area contributed by atoms with Crippen molar-refractivity contribution in [1.82, 2.24) is 0 Å². The summed E-state index contributed by atoms with van der Waals surface area (Å²) < 4.78 is 4.80. The molecule has 0 saturated carbocycles. The summed E-state index contributed by atoms with van der Waals surface area (Å²) >= 11 is 0. The van der Waals surface area contributed by atoms with E-state index in [-0.39, 0.29) is 17.1 Å². The molecule has 0 amide bonds. The minimum absolute atomic E-state index is 0.0695. The molecule has 6 heteroatoms. The Morgan fingerprint density at radius 1 is 1.29 bits per heavy atom. The molecule has 0 saturated heterocycles. The van der Waals surface area contributed by atoms with E-state index in [4.69, 9.17) is 14.9 Å². The number of carboxylic acids is 2. The number of phenols is 1. The Labute approximate surface area is 96.4 Å². The summed E-state index contributed by atoms with van der Waals surface area (Å²) in [4.78, 5) is 21.4. The van der Waals surface area contributed by atoms with Gasteiger partial charge in [-0.3, -0.25) is 0 Å². The summed E-state index contributed by atoms with van der Waals surface area (Å²) in [6.45, 7) is 0. The number of rotatable bonds is 4. The zero-order chi connectivity index (χ0) is 13.0. The average Bonchev–Trinajstić information content (AvgIpc) is 2.26. The second-order valence-corrected chi connectivity index (χ2v) is 3.09. The van der Waals surface area contributed by atoms with Crippen molar-refractivity contribution >= 4 is 17.5 Å². The van der Waals surface area contributed by atoms with E-state index >= 15 is 0 Å². The standard InChI is InChI=1S/C11H10O6/c1-17-9-4-6(2-3-8(9)12)7(11(15)16)5-10(13)14/h2-5,12H,1H3,(H,13,14)(H,15,16). The van der Waals surface area contributed by atoms with Crippen LogP contribution in [-0.2, 0) is 9.59 Å². The lowest BCUT2D eigenvalue weighted by atomic mass is 10.1. The smallest absolute Gasteiger partial charge is 0.336 e. The molecule has 0 atom stereocenters. The number of ether oxygens (including phenoxy) is 1. The van der Waals surface area contributed by atoms with Crippen molar-refractivity contribution < 1.29 is 29.6 Å². The van der Waals surface area contributed by atoms with Gasteiger partial charge in [-0.05, 0) is 17.7 Å². The molecule has 17 heavy (non-hydrogen) atoms. The van der Waals surface area contributed by atoms with Crippen LogP contribution < -0.4 is 4.74 Å². The van der Waals surface area contributed by atoms with Crippen molar-refractivity contribution in [3.05, 3.63) is 29.8 Å². The number of hydrogen-bond donors (Lipinski definition) is 3. The lowest BCUT2D eigenvalue weighted by molar-refractivity contribution is -0.133. The number of carbonyl (C=O) groups is 2. The number of aromatic hydroxyl groups is 1. The van der Waals surface area contributed by atoms with Gasteiger partial charge >= 0.3 is 11.9 Å². The van der Waals surface area contributed by atoms with E-state index in [1.165, 1.54) is 25.3 Å². The van der Waals surface area contributed by atoms with Gasteiger partial charge in [0.15, 0.2) is 11.5 Å². The summed E-state index contributed by atoms with van der Waals surface area (Å²) in [5, 5.41) is 26.8. The zero-order valence-corrected chi connectivity index (χ0v) is 8.88. The number of benzene rings is 1. The maximum absolute atomic E-state index is 10.9. The van der Waals surface area contributed by atoms with Crippen LogP contribution in [0.1, 0.15) is 5.56 Å². The molecular formula is C11H10O6. The molecule has 0 aliphatic heterocycles. The molecule has 3 N–H and O–H groups in total. The quantitative estimate of drug-likeness (QED) is 0.675. The van der Waals surface area contributed by atoms with Crippen LogP contribution >= 0.6 is 0 Å². The number of carboxylic acid groups (broad SMARTS) is 2. The lowest BCUT2D eigenvalue weighted by Crippen LogP contribution is -2.03. The van der Waals surface area contributed by atoms with E-state index < -0.39 is 17.5 Å². The third kappa shape index (κ3) is 2.97. The van der Waals surface area contributed by atoms with Crippen LogP contribution in [0.4, 0.5) is 0 Å². The highest BCUT2D eigenvalue weighted by molar-refractivity contribution is 6.19. The Hall–Kier alpha value is -2.50. The zero-order valence-electron chi connectivity index (χ0n) is 8.88. The van der Waals surface area contributed by atoms with E-state index in [1.807, 2.05) is 0 Å². The third-order valence-corrected chi connectivity index (χ3v) is 1.99. The van der Waals surface area contributed by atoms with E-state index in [9.17, 15) is 14.7 Å². The van der Waals surface area contributed by atoms with Gasteiger partial charge in [-0.25, -0.2) is 9.59 Å². The lowest BCUT2D eigenvalue weighted by Gasteiger charge is -2.06. The SMILES string of the molecule is COc1cc(C(=CC(=O)O)C(=O)O)ccc1O. The molecule has 0 fully saturated rings. The Morgan fingerprint density at radius 3 is 2.41 bits per heavy atom. The van der Waals surface area contributed by atoms with Gasteiger partial charge in [-0.1, -0.05) is 6.07 Å². The summed E-state index contributed by atoms with van der Waals surface area (Å²) in [5.41, 5.74) is -0.259. The van der Waals surface area contributed by atoms with Crippen LogP contribution in [0.5, 0.6) is 11.5 Å². The van der Waals surface area contributed by atoms with Crippen LogP contribution in [0, 0.1) is 0 Å². The second kappa shape index (κ2) is 5.02. The molecule has 0 unspecified atom stereocenters. The predicted molar refractivity (Wildman–Crippen MR) is 57.9 cm³/mol. The van der Waals surface area contributed by atoms with Gasteiger partial charge in [0.1, 0.15) is 0 Å². The van der Waals surface area contributed by atoms with Crippen LogP contribution in [0.2, 0.25) is 0 Å². The van der Waals surface area contributed by atoms with Gasteiger partial charge < -0.3 is 20.1 Å². The molecule has 0 radical (unpaired) electrons.